The molecule has 4 aromatic heterocycles. The molecule has 0 bridgehead atoms. The molecule has 12 rings (SSSR count). The van der Waals surface area contributed by atoms with E-state index in [1.54, 1.807) is 0 Å². The van der Waals surface area contributed by atoms with Crippen LogP contribution in [0.4, 0.5) is 0 Å². The molecule has 0 fully saturated rings. The lowest BCUT2D eigenvalue weighted by molar-refractivity contribution is 1.01. The third kappa shape index (κ3) is 4.39. The third-order valence-corrected chi connectivity index (χ3v) is 11.0. The van der Waals surface area contributed by atoms with Crippen LogP contribution in [0, 0.1) is 0 Å². The van der Waals surface area contributed by atoms with Gasteiger partial charge in [0.2, 0.25) is 11.7 Å². The minimum absolute atomic E-state index is 0.647. The molecule has 0 aliphatic heterocycles. The van der Waals surface area contributed by atoms with E-state index in [-0.39, 0.29) is 0 Å². The highest BCUT2D eigenvalue weighted by Gasteiger charge is 2.22. The van der Waals surface area contributed by atoms with Crippen LogP contribution in [0.25, 0.3) is 105 Å². The van der Waals surface area contributed by atoms with Crippen LogP contribution >= 0.6 is 0 Å². The number of aromatic nitrogens is 6. The maximum atomic E-state index is 5.36. The molecule has 4 heterocycles. The van der Waals surface area contributed by atoms with E-state index in [0.29, 0.717) is 5.95 Å². The summed E-state index contributed by atoms with van der Waals surface area (Å²) in [4.78, 5) is 15.8. The van der Waals surface area contributed by atoms with E-state index in [1.807, 2.05) is 6.07 Å². The van der Waals surface area contributed by atoms with Crippen molar-refractivity contribution < 1.29 is 0 Å². The SMILES string of the molecule is c1ccc(-n2c3ccccc3n3c4c(-c5ccc6c(c5)c5ccccc5n6-c5nc(-c6ccc7ccccc7c6)c6ccccc6n5)cccc4nc23)cc1. The predicted octanol–water partition coefficient (Wildman–Crippen LogP) is 12.0. The van der Waals surface area contributed by atoms with Crippen molar-refractivity contribution >= 4 is 71.3 Å². The molecule has 0 saturated heterocycles. The van der Waals surface area contributed by atoms with Crippen LogP contribution < -0.4 is 0 Å². The fourth-order valence-corrected chi connectivity index (χ4v) is 8.58. The van der Waals surface area contributed by atoms with Gasteiger partial charge in [-0.3, -0.25) is 13.5 Å². The van der Waals surface area contributed by atoms with Crippen molar-refractivity contribution in [2.45, 2.75) is 0 Å². The molecule has 0 spiro atoms. The lowest BCUT2D eigenvalue weighted by Crippen LogP contribution is -2.03. The van der Waals surface area contributed by atoms with E-state index < -0.39 is 0 Å². The lowest BCUT2D eigenvalue weighted by Gasteiger charge is -2.12. The standard InChI is InChI=1S/C49H30N6/c1-2-15-35(16-3-1)53-44-23-10-11-24-45(44)55-47-36(19-12-21-41(47)51-49(53)55)33-27-28-43-39(30-33)37-17-7-9-22-42(37)54(43)48-50-40-20-8-6-18-38(40)46(52-48)34-26-25-31-13-4-5-14-32(31)29-34/h1-30H. The van der Waals surface area contributed by atoms with Crippen LogP contribution in [0.3, 0.4) is 0 Å². The zero-order valence-corrected chi connectivity index (χ0v) is 29.5. The summed E-state index contributed by atoms with van der Waals surface area (Å²) in [5, 5.41) is 5.70. The van der Waals surface area contributed by atoms with Gasteiger partial charge in [0, 0.05) is 33.0 Å². The Hall–Kier alpha value is -7.57. The van der Waals surface area contributed by atoms with E-state index >= 15 is 0 Å². The molecule has 8 aromatic carbocycles. The highest BCUT2D eigenvalue weighted by Crippen LogP contribution is 2.39. The molecule has 6 nitrogen and oxygen atoms in total. The first-order valence-corrected chi connectivity index (χ1v) is 18.5. The molecule has 256 valence electrons. The van der Waals surface area contributed by atoms with Crippen molar-refractivity contribution in [2.24, 2.45) is 0 Å². The fraction of sp³-hybridized carbons (Fsp3) is 0. The van der Waals surface area contributed by atoms with E-state index in [9.17, 15) is 0 Å². The number of hydrogen-bond acceptors (Lipinski definition) is 3. The van der Waals surface area contributed by atoms with Crippen molar-refractivity contribution in [3.05, 3.63) is 182 Å². The van der Waals surface area contributed by atoms with Crippen LogP contribution in [0.5, 0.6) is 0 Å². The first kappa shape index (κ1) is 29.9. The third-order valence-electron chi connectivity index (χ3n) is 11.0. The van der Waals surface area contributed by atoms with E-state index in [0.717, 1.165) is 88.6 Å². The summed E-state index contributed by atoms with van der Waals surface area (Å²) in [5.74, 6) is 1.54. The smallest absolute Gasteiger partial charge is 0.235 e. The van der Waals surface area contributed by atoms with Crippen molar-refractivity contribution in [3.63, 3.8) is 0 Å². The average molecular weight is 703 g/mol. The molecule has 0 aliphatic rings. The molecule has 0 saturated carbocycles. The number of fused-ring (bicyclic) bond motifs is 10. The van der Waals surface area contributed by atoms with Gasteiger partial charge in [0.25, 0.3) is 0 Å². The molecule has 0 atom stereocenters. The van der Waals surface area contributed by atoms with Gasteiger partial charge in [-0.05, 0) is 77.0 Å². The van der Waals surface area contributed by atoms with Gasteiger partial charge in [0.15, 0.2) is 0 Å². The predicted molar refractivity (Wildman–Crippen MR) is 225 cm³/mol. The lowest BCUT2D eigenvalue weighted by atomic mass is 10.0. The maximum Gasteiger partial charge on any atom is 0.235 e. The molecule has 0 radical (unpaired) electrons. The van der Waals surface area contributed by atoms with Crippen molar-refractivity contribution in [3.8, 4) is 34.0 Å². The summed E-state index contributed by atoms with van der Waals surface area (Å²) < 4.78 is 6.79. The molecule has 0 N–H and O–H groups in total. The fourth-order valence-electron chi connectivity index (χ4n) is 8.58. The molecular formula is C49H30N6. The Bertz CT molecular complexity index is 3500. The Morgan fingerprint density at radius 2 is 1.07 bits per heavy atom. The zero-order chi connectivity index (χ0) is 36.0. The summed E-state index contributed by atoms with van der Waals surface area (Å²) in [5.41, 5.74) is 12.6. The quantitative estimate of drug-likeness (QED) is 0.183. The number of benzene rings is 8. The van der Waals surface area contributed by atoms with Crippen LogP contribution in [0.2, 0.25) is 0 Å². The highest BCUT2D eigenvalue weighted by atomic mass is 15.2. The molecule has 0 aliphatic carbocycles. The van der Waals surface area contributed by atoms with Crippen LogP contribution in [0.1, 0.15) is 0 Å². The van der Waals surface area contributed by atoms with Gasteiger partial charge in [-0.2, -0.15) is 0 Å². The number of hydrogen-bond donors (Lipinski definition) is 0. The maximum absolute atomic E-state index is 5.36. The molecule has 6 heteroatoms. The number of rotatable bonds is 4. The van der Waals surface area contributed by atoms with Crippen molar-refractivity contribution in [1.29, 1.82) is 0 Å². The number of para-hydroxylation sites is 6. The summed E-state index contributed by atoms with van der Waals surface area (Å²) in [6.07, 6.45) is 0. The molecule has 12 aromatic rings. The van der Waals surface area contributed by atoms with E-state index in [1.165, 1.54) is 10.8 Å². The van der Waals surface area contributed by atoms with Gasteiger partial charge in [0.1, 0.15) is 0 Å². The summed E-state index contributed by atoms with van der Waals surface area (Å²) in [6, 6.07) is 64.2. The first-order chi connectivity index (χ1) is 27.3. The average Bonchev–Trinajstić information content (AvgIpc) is 3.90. The second kappa shape index (κ2) is 11.5. The molecular weight excluding hydrogens is 673 g/mol. The molecule has 55 heavy (non-hydrogen) atoms. The summed E-state index contributed by atoms with van der Waals surface area (Å²) in [6.45, 7) is 0. The van der Waals surface area contributed by atoms with E-state index in [2.05, 4.69) is 189 Å². The van der Waals surface area contributed by atoms with Gasteiger partial charge < -0.3 is 0 Å². The monoisotopic (exact) mass is 702 g/mol. The Labute approximate surface area is 314 Å². The Balaban J connectivity index is 1.09. The molecule has 0 unspecified atom stereocenters. The normalized spacial score (nSPS) is 12.0. The molecule has 0 amide bonds. The zero-order valence-electron chi connectivity index (χ0n) is 29.5. The Kier molecular flexibility index (Phi) is 6.24. The summed E-state index contributed by atoms with van der Waals surface area (Å²) >= 11 is 0. The first-order valence-electron chi connectivity index (χ1n) is 18.5. The Morgan fingerprint density at radius 1 is 0.382 bits per heavy atom. The van der Waals surface area contributed by atoms with Crippen molar-refractivity contribution in [2.75, 3.05) is 0 Å². The van der Waals surface area contributed by atoms with Gasteiger partial charge in [-0.1, -0.05) is 121 Å². The highest BCUT2D eigenvalue weighted by molar-refractivity contribution is 6.11. The van der Waals surface area contributed by atoms with Crippen LogP contribution in [-0.2, 0) is 0 Å². The topological polar surface area (TPSA) is 52.9 Å². The number of imidazole rings is 2. The van der Waals surface area contributed by atoms with Crippen LogP contribution in [0.15, 0.2) is 182 Å². The van der Waals surface area contributed by atoms with Gasteiger partial charge in [-0.25, -0.2) is 15.0 Å². The summed E-state index contributed by atoms with van der Waals surface area (Å²) in [7, 11) is 0. The van der Waals surface area contributed by atoms with Crippen molar-refractivity contribution in [1.82, 2.24) is 28.5 Å². The van der Waals surface area contributed by atoms with Gasteiger partial charge in [-0.15, -0.1) is 0 Å². The van der Waals surface area contributed by atoms with Gasteiger partial charge >= 0.3 is 0 Å². The minimum Gasteiger partial charge on any atom is -0.278 e. The van der Waals surface area contributed by atoms with E-state index in [4.69, 9.17) is 15.0 Å². The van der Waals surface area contributed by atoms with Crippen LogP contribution in [-0.4, -0.2) is 28.5 Å². The Morgan fingerprint density at radius 3 is 1.96 bits per heavy atom. The largest absolute Gasteiger partial charge is 0.278 e. The number of nitrogens with zero attached hydrogens (tertiary/aromatic N) is 6. The second-order valence-corrected chi connectivity index (χ2v) is 14.1. The second-order valence-electron chi connectivity index (χ2n) is 14.1. The van der Waals surface area contributed by atoms with Gasteiger partial charge in [0.05, 0.1) is 44.3 Å². The minimum atomic E-state index is 0.647.